The molecule has 0 saturated carbocycles. The predicted molar refractivity (Wildman–Crippen MR) is 42.7 cm³/mol. The van der Waals surface area contributed by atoms with Crippen molar-refractivity contribution in [2.75, 3.05) is 6.26 Å². The molecule has 0 aliphatic rings. The Morgan fingerprint density at radius 3 is 2.67 bits per heavy atom. The van der Waals surface area contributed by atoms with E-state index in [1.165, 1.54) is 12.8 Å². The molecule has 0 fully saturated rings. The molecular weight excluding hydrogens is 132 g/mol. The predicted octanol–water partition coefficient (Wildman–Crippen LogP) is 2.07. The van der Waals surface area contributed by atoms with Gasteiger partial charge in [0.05, 0.1) is 0 Å². The molecule has 0 rings (SSSR count). The summed E-state index contributed by atoms with van der Waals surface area (Å²) in [5.74, 6) is 0. The van der Waals surface area contributed by atoms with E-state index in [2.05, 4.69) is 6.92 Å². The van der Waals surface area contributed by atoms with E-state index in [-0.39, 0.29) is 0 Å². The van der Waals surface area contributed by atoms with Crippen LogP contribution < -0.4 is 0 Å². The zero-order valence-electron chi connectivity index (χ0n) is 6.09. The Hall–Kier alpha value is -0.110. The average molecular weight is 146 g/mol. The minimum absolute atomic E-state index is 0.750. The Morgan fingerprint density at radius 1 is 1.56 bits per heavy atom. The number of allylic oxidation sites excluding steroid dienone is 1. The van der Waals surface area contributed by atoms with Crippen molar-refractivity contribution >= 4 is 10.8 Å². The van der Waals surface area contributed by atoms with Gasteiger partial charge in [0.15, 0.2) is 0 Å². The Balaban J connectivity index is 3.15. The van der Waals surface area contributed by atoms with E-state index in [1.54, 1.807) is 11.7 Å². The minimum Gasteiger partial charge on any atom is -0.255 e. The summed E-state index contributed by atoms with van der Waals surface area (Å²) in [6.07, 6.45) is 7.15. The van der Waals surface area contributed by atoms with Crippen LogP contribution in [0.25, 0.3) is 0 Å². The molecule has 1 nitrogen and oxygen atoms in total. The Morgan fingerprint density at radius 2 is 2.22 bits per heavy atom. The van der Waals surface area contributed by atoms with Gasteiger partial charge in [-0.25, -0.2) is 0 Å². The number of unbranched alkanes of at least 4 members (excludes halogenated alkanes) is 2. The number of rotatable bonds is 4. The summed E-state index contributed by atoms with van der Waals surface area (Å²) < 4.78 is 10.4. The molecule has 1 atom stereocenters. The molecular formula is C7H14OS. The van der Waals surface area contributed by atoms with E-state index in [9.17, 15) is 4.21 Å². The van der Waals surface area contributed by atoms with Gasteiger partial charge >= 0.3 is 0 Å². The van der Waals surface area contributed by atoms with Crippen LogP contribution in [0.2, 0.25) is 0 Å². The molecule has 0 aliphatic heterocycles. The van der Waals surface area contributed by atoms with Crippen LogP contribution in [0.4, 0.5) is 0 Å². The zero-order valence-corrected chi connectivity index (χ0v) is 6.91. The quantitative estimate of drug-likeness (QED) is 0.555. The van der Waals surface area contributed by atoms with Crippen molar-refractivity contribution < 1.29 is 4.21 Å². The van der Waals surface area contributed by atoms with Gasteiger partial charge in [-0.05, 0) is 11.8 Å². The van der Waals surface area contributed by atoms with Gasteiger partial charge in [0.25, 0.3) is 0 Å². The van der Waals surface area contributed by atoms with Crippen molar-refractivity contribution in [3.05, 3.63) is 11.5 Å². The van der Waals surface area contributed by atoms with Crippen LogP contribution in [-0.4, -0.2) is 10.5 Å². The second-order valence-electron chi connectivity index (χ2n) is 2.01. The highest BCUT2D eigenvalue weighted by Gasteiger charge is 1.79. The van der Waals surface area contributed by atoms with Gasteiger partial charge in [0, 0.05) is 17.1 Å². The highest BCUT2D eigenvalue weighted by molar-refractivity contribution is 7.87. The molecule has 9 heavy (non-hydrogen) atoms. The lowest BCUT2D eigenvalue weighted by molar-refractivity contribution is 0.691. The molecule has 0 N–H and O–H groups in total. The third-order valence-electron chi connectivity index (χ3n) is 1.01. The van der Waals surface area contributed by atoms with Gasteiger partial charge in [0.1, 0.15) is 0 Å². The summed E-state index contributed by atoms with van der Waals surface area (Å²) in [6, 6.07) is 0. The first-order valence-electron chi connectivity index (χ1n) is 3.26. The van der Waals surface area contributed by atoms with Crippen LogP contribution >= 0.6 is 0 Å². The first-order chi connectivity index (χ1) is 4.27. The summed E-state index contributed by atoms with van der Waals surface area (Å²) in [4.78, 5) is 0. The standard InChI is InChI=1S/C7H14OS/c1-3-4-5-6-7-9(2)8/h6-7H,3-5H2,1-2H3/b7-6+. The van der Waals surface area contributed by atoms with Gasteiger partial charge in [-0.2, -0.15) is 0 Å². The van der Waals surface area contributed by atoms with Crippen LogP contribution in [0.1, 0.15) is 26.2 Å². The average Bonchev–Trinajstić information content (AvgIpc) is 1.80. The van der Waals surface area contributed by atoms with Crippen LogP contribution in [0.15, 0.2) is 11.5 Å². The van der Waals surface area contributed by atoms with Crippen molar-refractivity contribution in [1.82, 2.24) is 0 Å². The van der Waals surface area contributed by atoms with E-state index in [0.29, 0.717) is 0 Å². The molecule has 0 aromatic heterocycles. The summed E-state index contributed by atoms with van der Waals surface area (Å²) >= 11 is 0. The summed E-state index contributed by atoms with van der Waals surface area (Å²) in [6.45, 7) is 2.15. The SMILES string of the molecule is CCCC/C=C/S(C)=O. The maximum Gasteiger partial charge on any atom is 0.0421 e. The Bertz CT molecular complexity index is 107. The van der Waals surface area contributed by atoms with E-state index in [1.807, 2.05) is 6.08 Å². The zero-order chi connectivity index (χ0) is 7.11. The monoisotopic (exact) mass is 146 g/mol. The topological polar surface area (TPSA) is 17.1 Å². The highest BCUT2D eigenvalue weighted by Crippen LogP contribution is 1.94. The minimum atomic E-state index is -0.750. The van der Waals surface area contributed by atoms with E-state index >= 15 is 0 Å². The van der Waals surface area contributed by atoms with Gasteiger partial charge in [-0.1, -0.05) is 25.8 Å². The summed E-state index contributed by atoms with van der Waals surface area (Å²) in [7, 11) is -0.750. The smallest absolute Gasteiger partial charge is 0.0421 e. The second-order valence-corrected chi connectivity index (χ2v) is 3.28. The Kier molecular flexibility index (Phi) is 5.94. The number of hydrogen-bond acceptors (Lipinski definition) is 1. The van der Waals surface area contributed by atoms with Crippen LogP contribution in [0.5, 0.6) is 0 Å². The maximum atomic E-state index is 10.4. The fraction of sp³-hybridized carbons (Fsp3) is 0.714. The molecule has 0 spiro atoms. The summed E-state index contributed by atoms with van der Waals surface area (Å²) in [5.41, 5.74) is 0. The van der Waals surface area contributed by atoms with E-state index in [0.717, 1.165) is 6.42 Å². The third kappa shape index (κ3) is 7.89. The Labute approximate surface area is 59.6 Å². The highest BCUT2D eigenvalue weighted by atomic mass is 32.2. The fourth-order valence-corrected chi connectivity index (χ4v) is 0.933. The van der Waals surface area contributed by atoms with Crippen LogP contribution in [-0.2, 0) is 10.8 Å². The maximum absolute atomic E-state index is 10.4. The first-order valence-corrected chi connectivity index (χ1v) is 4.88. The van der Waals surface area contributed by atoms with Crippen molar-refractivity contribution in [3.63, 3.8) is 0 Å². The fourth-order valence-electron chi connectivity index (χ4n) is 0.526. The molecule has 1 unspecified atom stereocenters. The van der Waals surface area contributed by atoms with Gasteiger partial charge in [0.2, 0.25) is 0 Å². The van der Waals surface area contributed by atoms with Crippen molar-refractivity contribution in [2.45, 2.75) is 26.2 Å². The van der Waals surface area contributed by atoms with Gasteiger partial charge < -0.3 is 0 Å². The lowest BCUT2D eigenvalue weighted by Crippen LogP contribution is -1.74. The van der Waals surface area contributed by atoms with E-state index < -0.39 is 10.8 Å². The van der Waals surface area contributed by atoms with E-state index in [4.69, 9.17) is 0 Å². The normalized spacial score (nSPS) is 14.4. The molecule has 0 radical (unpaired) electrons. The molecule has 0 aromatic rings. The van der Waals surface area contributed by atoms with Crippen molar-refractivity contribution in [1.29, 1.82) is 0 Å². The largest absolute Gasteiger partial charge is 0.255 e. The second kappa shape index (κ2) is 6.02. The van der Waals surface area contributed by atoms with Gasteiger partial charge in [-0.15, -0.1) is 0 Å². The molecule has 0 aliphatic carbocycles. The molecule has 2 heteroatoms. The van der Waals surface area contributed by atoms with Crippen molar-refractivity contribution in [3.8, 4) is 0 Å². The van der Waals surface area contributed by atoms with Crippen LogP contribution in [0, 0.1) is 0 Å². The first kappa shape index (κ1) is 8.89. The lowest BCUT2D eigenvalue weighted by Gasteiger charge is -1.85. The van der Waals surface area contributed by atoms with Gasteiger partial charge in [-0.3, -0.25) is 4.21 Å². The van der Waals surface area contributed by atoms with Crippen molar-refractivity contribution in [2.24, 2.45) is 0 Å². The molecule has 0 saturated heterocycles. The molecule has 0 aromatic carbocycles. The lowest BCUT2D eigenvalue weighted by atomic mass is 10.2. The number of hydrogen-bond donors (Lipinski definition) is 0. The van der Waals surface area contributed by atoms with Crippen LogP contribution in [0.3, 0.4) is 0 Å². The molecule has 0 amide bonds. The molecule has 54 valence electrons. The summed E-state index contributed by atoms with van der Waals surface area (Å²) in [5, 5.41) is 1.75. The molecule has 0 heterocycles. The third-order valence-corrected chi connectivity index (χ3v) is 1.59. The molecule has 0 bridgehead atoms.